The van der Waals surface area contributed by atoms with Crippen molar-refractivity contribution in [3.8, 4) is 0 Å². The van der Waals surface area contributed by atoms with Gasteiger partial charge in [0.1, 0.15) is 5.76 Å². The van der Waals surface area contributed by atoms with Gasteiger partial charge in [-0.05, 0) is 6.42 Å². The highest BCUT2D eigenvalue weighted by molar-refractivity contribution is 5.71. The second-order valence-corrected chi connectivity index (χ2v) is 4.05. The highest BCUT2D eigenvalue weighted by Gasteiger charge is 2.46. The van der Waals surface area contributed by atoms with Crippen LogP contribution >= 0.6 is 0 Å². The van der Waals surface area contributed by atoms with Crippen LogP contribution in [0.4, 0.5) is 8.78 Å². The maximum atomic E-state index is 13.2. The molecule has 0 amide bonds. The second-order valence-electron chi connectivity index (χ2n) is 4.05. The number of hydrogen-bond donors (Lipinski definition) is 1. The number of rotatable bonds is 2. The van der Waals surface area contributed by atoms with Crippen molar-refractivity contribution in [3.63, 3.8) is 0 Å². The first-order valence-corrected chi connectivity index (χ1v) is 4.98. The van der Waals surface area contributed by atoms with Gasteiger partial charge in [-0.15, -0.1) is 0 Å². The zero-order valence-electron chi connectivity index (χ0n) is 8.40. The Balaban J connectivity index is 2.25. The van der Waals surface area contributed by atoms with Gasteiger partial charge in [0.25, 0.3) is 0 Å². The van der Waals surface area contributed by atoms with Crippen LogP contribution in [0.5, 0.6) is 0 Å². The first kappa shape index (κ1) is 11.0. The van der Waals surface area contributed by atoms with E-state index in [9.17, 15) is 13.6 Å². The highest BCUT2D eigenvalue weighted by Crippen LogP contribution is 2.45. The molecule has 0 radical (unpaired) electrons. The van der Waals surface area contributed by atoms with E-state index in [1.165, 1.54) is 6.20 Å². The van der Waals surface area contributed by atoms with Crippen molar-refractivity contribution in [3.05, 3.63) is 18.4 Å². The van der Waals surface area contributed by atoms with Gasteiger partial charge in [-0.2, -0.15) is 0 Å². The smallest absolute Gasteiger partial charge is 0.307 e. The minimum Gasteiger partial charge on any atom is -0.481 e. The van der Waals surface area contributed by atoms with E-state index in [1.807, 2.05) is 0 Å². The molecule has 1 aromatic rings. The summed E-state index contributed by atoms with van der Waals surface area (Å²) in [5.41, 5.74) is 0. The van der Waals surface area contributed by atoms with Crippen molar-refractivity contribution in [2.45, 2.75) is 31.1 Å². The number of oxazole rings is 1. The normalized spacial score (nSPS) is 28.9. The Labute approximate surface area is 90.3 Å². The average Bonchev–Trinajstić information content (AvgIpc) is 2.68. The minimum absolute atomic E-state index is 0.0340. The molecule has 4 nitrogen and oxygen atoms in total. The van der Waals surface area contributed by atoms with E-state index in [-0.39, 0.29) is 18.6 Å². The molecule has 1 aliphatic rings. The molecule has 0 saturated heterocycles. The topological polar surface area (TPSA) is 63.3 Å². The van der Waals surface area contributed by atoms with Crippen molar-refractivity contribution in [1.82, 2.24) is 4.98 Å². The molecule has 6 heteroatoms. The molecule has 0 spiro atoms. The van der Waals surface area contributed by atoms with Gasteiger partial charge < -0.3 is 9.52 Å². The molecule has 1 fully saturated rings. The summed E-state index contributed by atoms with van der Waals surface area (Å²) in [5.74, 6) is -5.25. The molecule has 1 aliphatic carbocycles. The van der Waals surface area contributed by atoms with Crippen molar-refractivity contribution < 1.29 is 23.1 Å². The largest absolute Gasteiger partial charge is 0.481 e. The molecule has 16 heavy (non-hydrogen) atoms. The zero-order chi connectivity index (χ0) is 11.8. The number of hydrogen-bond acceptors (Lipinski definition) is 3. The molecule has 0 aliphatic heterocycles. The fourth-order valence-electron chi connectivity index (χ4n) is 2.14. The number of halogens is 2. The first-order valence-electron chi connectivity index (χ1n) is 4.98. The van der Waals surface area contributed by atoms with Gasteiger partial charge in [0.05, 0.1) is 12.1 Å². The summed E-state index contributed by atoms with van der Waals surface area (Å²) in [6.45, 7) is 0. The van der Waals surface area contributed by atoms with Crippen molar-refractivity contribution in [1.29, 1.82) is 0 Å². The van der Waals surface area contributed by atoms with Crippen LogP contribution in [0.25, 0.3) is 0 Å². The molecule has 0 bridgehead atoms. The third-order valence-electron chi connectivity index (χ3n) is 2.96. The first-order chi connectivity index (χ1) is 7.49. The van der Waals surface area contributed by atoms with Crippen LogP contribution in [0, 0.1) is 5.92 Å². The third-order valence-corrected chi connectivity index (χ3v) is 2.96. The summed E-state index contributed by atoms with van der Waals surface area (Å²) in [7, 11) is 0. The van der Waals surface area contributed by atoms with Crippen LogP contribution in [0.1, 0.15) is 30.9 Å². The maximum Gasteiger partial charge on any atom is 0.307 e. The molecule has 2 rings (SSSR count). The van der Waals surface area contributed by atoms with Crippen LogP contribution in [0.2, 0.25) is 0 Å². The number of alkyl halides is 2. The lowest BCUT2D eigenvalue weighted by atomic mass is 9.76. The Kier molecular flexibility index (Phi) is 2.65. The second kappa shape index (κ2) is 3.84. The quantitative estimate of drug-likeness (QED) is 0.848. The number of aromatic nitrogens is 1. The fourth-order valence-corrected chi connectivity index (χ4v) is 2.14. The van der Waals surface area contributed by atoms with Gasteiger partial charge in [0, 0.05) is 18.8 Å². The molecule has 1 N–H and O–H groups in total. The van der Waals surface area contributed by atoms with Crippen LogP contribution in [0.3, 0.4) is 0 Å². The molecule has 1 aromatic heterocycles. The molecule has 1 heterocycles. The van der Waals surface area contributed by atoms with E-state index in [2.05, 4.69) is 4.98 Å². The molecule has 1 saturated carbocycles. The molecule has 0 unspecified atom stereocenters. The Morgan fingerprint density at radius 1 is 1.62 bits per heavy atom. The summed E-state index contributed by atoms with van der Waals surface area (Å²) >= 11 is 0. The van der Waals surface area contributed by atoms with Gasteiger partial charge in [-0.25, -0.2) is 13.8 Å². The van der Waals surface area contributed by atoms with Crippen LogP contribution in [-0.4, -0.2) is 22.0 Å². The predicted octanol–water partition coefficient (Wildman–Crippen LogP) is 2.28. The van der Waals surface area contributed by atoms with Gasteiger partial charge in [0.15, 0.2) is 6.39 Å². The van der Waals surface area contributed by atoms with Gasteiger partial charge in [-0.1, -0.05) is 0 Å². The molecular weight excluding hydrogens is 220 g/mol. The number of carboxylic acids is 1. The Bertz CT molecular complexity index is 377. The highest BCUT2D eigenvalue weighted by atomic mass is 19.3. The average molecular weight is 231 g/mol. The summed E-state index contributed by atoms with van der Waals surface area (Å²) in [5, 5.41) is 8.97. The summed E-state index contributed by atoms with van der Waals surface area (Å²) in [4.78, 5) is 14.6. The molecule has 0 aromatic carbocycles. The van der Waals surface area contributed by atoms with E-state index in [0.29, 0.717) is 0 Å². The number of nitrogens with zero attached hydrogens (tertiary/aromatic N) is 1. The van der Waals surface area contributed by atoms with Crippen LogP contribution in [0.15, 0.2) is 17.0 Å². The monoisotopic (exact) mass is 231 g/mol. The molecule has 88 valence electrons. The summed E-state index contributed by atoms with van der Waals surface area (Å²) in [6, 6.07) is 0. The summed E-state index contributed by atoms with van der Waals surface area (Å²) < 4.78 is 31.4. The van der Waals surface area contributed by atoms with Gasteiger partial charge in [0.2, 0.25) is 5.92 Å². The van der Waals surface area contributed by atoms with Crippen LogP contribution in [-0.2, 0) is 4.79 Å². The maximum absolute atomic E-state index is 13.2. The predicted molar refractivity (Wildman–Crippen MR) is 49.2 cm³/mol. The van der Waals surface area contributed by atoms with Crippen molar-refractivity contribution in [2.24, 2.45) is 5.92 Å². The Morgan fingerprint density at radius 2 is 2.38 bits per heavy atom. The third kappa shape index (κ3) is 2.05. The number of aliphatic carboxylic acids is 1. The van der Waals surface area contributed by atoms with E-state index in [0.717, 1.165) is 6.39 Å². The van der Waals surface area contributed by atoms with E-state index < -0.39 is 30.1 Å². The van der Waals surface area contributed by atoms with Gasteiger partial charge in [-0.3, -0.25) is 4.79 Å². The lowest BCUT2D eigenvalue weighted by Crippen LogP contribution is -2.34. The SMILES string of the molecule is O=C(O)[C@H]1CCC(F)(F)C[C@@H]1c1cnco1. The lowest BCUT2D eigenvalue weighted by molar-refractivity contribution is -0.147. The minimum atomic E-state index is -2.82. The molecule has 2 atom stereocenters. The van der Waals surface area contributed by atoms with Crippen LogP contribution < -0.4 is 0 Å². The van der Waals surface area contributed by atoms with E-state index in [4.69, 9.17) is 9.52 Å². The van der Waals surface area contributed by atoms with Crippen molar-refractivity contribution in [2.75, 3.05) is 0 Å². The summed E-state index contributed by atoms with van der Waals surface area (Å²) in [6.07, 6.45) is 1.53. The van der Waals surface area contributed by atoms with Gasteiger partial charge >= 0.3 is 5.97 Å². The number of carbonyl (C=O) groups is 1. The molecular formula is C10H11F2NO3. The fraction of sp³-hybridized carbons (Fsp3) is 0.600. The van der Waals surface area contributed by atoms with Crippen molar-refractivity contribution >= 4 is 5.97 Å². The van der Waals surface area contributed by atoms with E-state index >= 15 is 0 Å². The Hall–Kier alpha value is -1.46. The Morgan fingerprint density at radius 3 is 2.94 bits per heavy atom. The lowest BCUT2D eigenvalue weighted by Gasteiger charge is -2.32. The number of carboxylic acid groups (broad SMARTS) is 1. The zero-order valence-corrected chi connectivity index (χ0v) is 8.40. The van der Waals surface area contributed by atoms with E-state index in [1.54, 1.807) is 0 Å². The standard InChI is InChI=1S/C10H11F2NO3/c11-10(12)2-1-6(9(14)15)7(3-10)8-4-13-5-16-8/h4-7H,1-3H2,(H,14,15)/t6-,7-/m0/s1.